The van der Waals surface area contributed by atoms with E-state index in [1.807, 2.05) is 50.2 Å². The summed E-state index contributed by atoms with van der Waals surface area (Å²) in [5, 5.41) is 13.1. The van der Waals surface area contributed by atoms with Crippen LogP contribution in [0.25, 0.3) is 22.0 Å². The molecule has 0 unspecified atom stereocenters. The minimum absolute atomic E-state index is 0.0595. The first kappa shape index (κ1) is 19.2. The standard InChI is InChI=1S/C24H22N4O3/c1-14-21(15(2)31-27-14)22-19-5-3-4-6-20(19)24(30)28(26-22)13-16-7-9-17(10-8-16)23(29)25-18-11-12-18/h3-10,18H,11-13H2,1-2H3,(H,25,29). The van der Waals surface area contributed by atoms with Gasteiger partial charge in [0, 0.05) is 17.0 Å². The molecule has 0 atom stereocenters. The summed E-state index contributed by atoms with van der Waals surface area (Å²) in [6, 6.07) is 15.0. The predicted molar refractivity (Wildman–Crippen MR) is 117 cm³/mol. The monoisotopic (exact) mass is 414 g/mol. The maximum Gasteiger partial charge on any atom is 0.274 e. The number of benzene rings is 2. The van der Waals surface area contributed by atoms with Crippen molar-refractivity contribution in [3.63, 3.8) is 0 Å². The van der Waals surface area contributed by atoms with Crippen molar-refractivity contribution in [1.29, 1.82) is 0 Å². The minimum atomic E-state index is -0.165. The lowest BCUT2D eigenvalue weighted by molar-refractivity contribution is 0.0951. The Kier molecular flexibility index (Phi) is 4.66. The number of nitrogens with zero attached hydrogens (tertiary/aromatic N) is 3. The molecule has 4 aromatic rings. The molecule has 0 bridgehead atoms. The Morgan fingerprint density at radius 3 is 2.45 bits per heavy atom. The number of carbonyl (C=O) groups is 1. The Morgan fingerprint density at radius 1 is 1.10 bits per heavy atom. The third kappa shape index (κ3) is 3.63. The van der Waals surface area contributed by atoms with Crippen LogP contribution in [0.3, 0.4) is 0 Å². The van der Waals surface area contributed by atoms with Crippen LogP contribution < -0.4 is 10.9 Å². The highest BCUT2D eigenvalue weighted by atomic mass is 16.5. The van der Waals surface area contributed by atoms with Crippen molar-refractivity contribution in [3.05, 3.63) is 81.5 Å². The third-order valence-electron chi connectivity index (χ3n) is 5.60. The second-order valence-electron chi connectivity index (χ2n) is 8.00. The van der Waals surface area contributed by atoms with Gasteiger partial charge in [-0.1, -0.05) is 35.5 Å². The van der Waals surface area contributed by atoms with Gasteiger partial charge in [0.25, 0.3) is 11.5 Å². The minimum Gasteiger partial charge on any atom is -0.361 e. The fourth-order valence-electron chi connectivity index (χ4n) is 3.78. The molecule has 2 aromatic heterocycles. The summed E-state index contributed by atoms with van der Waals surface area (Å²) in [4.78, 5) is 25.3. The zero-order chi connectivity index (χ0) is 21.5. The molecule has 31 heavy (non-hydrogen) atoms. The molecule has 7 heteroatoms. The summed E-state index contributed by atoms with van der Waals surface area (Å²) in [5.41, 5.74) is 3.54. The molecule has 1 aliphatic rings. The lowest BCUT2D eigenvalue weighted by Crippen LogP contribution is -2.26. The van der Waals surface area contributed by atoms with E-state index >= 15 is 0 Å². The highest BCUT2D eigenvalue weighted by molar-refractivity contribution is 5.95. The molecule has 2 aromatic carbocycles. The van der Waals surface area contributed by atoms with Gasteiger partial charge in [0.1, 0.15) is 11.5 Å². The van der Waals surface area contributed by atoms with Crippen LogP contribution in [-0.4, -0.2) is 26.9 Å². The Hall–Kier alpha value is -3.74. The van der Waals surface area contributed by atoms with Crippen LogP contribution in [0.1, 0.15) is 40.2 Å². The Labute approximate surface area is 178 Å². The van der Waals surface area contributed by atoms with Gasteiger partial charge in [0.15, 0.2) is 0 Å². The van der Waals surface area contributed by atoms with Crippen molar-refractivity contribution in [2.24, 2.45) is 0 Å². The van der Waals surface area contributed by atoms with Crippen molar-refractivity contribution in [1.82, 2.24) is 20.3 Å². The summed E-state index contributed by atoms with van der Waals surface area (Å²) in [7, 11) is 0. The predicted octanol–water partition coefficient (Wildman–Crippen LogP) is 3.61. The quantitative estimate of drug-likeness (QED) is 0.539. The van der Waals surface area contributed by atoms with Gasteiger partial charge in [-0.15, -0.1) is 0 Å². The van der Waals surface area contributed by atoms with E-state index in [1.165, 1.54) is 4.68 Å². The molecule has 156 valence electrons. The van der Waals surface area contributed by atoms with Gasteiger partial charge in [-0.3, -0.25) is 9.59 Å². The van der Waals surface area contributed by atoms with E-state index in [0.29, 0.717) is 35.0 Å². The largest absolute Gasteiger partial charge is 0.361 e. The smallest absolute Gasteiger partial charge is 0.274 e. The number of rotatable bonds is 5. The van der Waals surface area contributed by atoms with Gasteiger partial charge < -0.3 is 9.84 Å². The fourth-order valence-corrected chi connectivity index (χ4v) is 3.78. The van der Waals surface area contributed by atoms with Crippen LogP contribution in [0.15, 0.2) is 57.8 Å². The lowest BCUT2D eigenvalue weighted by Gasteiger charge is -2.11. The number of fused-ring (bicyclic) bond motifs is 1. The number of carbonyl (C=O) groups excluding carboxylic acids is 1. The number of hydrogen-bond acceptors (Lipinski definition) is 5. The fraction of sp³-hybridized carbons (Fsp3) is 0.250. The molecule has 7 nitrogen and oxygen atoms in total. The second-order valence-corrected chi connectivity index (χ2v) is 8.00. The number of aromatic nitrogens is 3. The molecule has 1 N–H and O–H groups in total. The number of amides is 1. The zero-order valence-electron chi connectivity index (χ0n) is 17.4. The van der Waals surface area contributed by atoms with Gasteiger partial charge in [-0.05, 0) is 50.5 Å². The Bertz CT molecular complexity index is 1330. The highest BCUT2D eigenvalue weighted by Gasteiger charge is 2.24. The Balaban J connectivity index is 1.53. The molecule has 1 amide bonds. The third-order valence-corrected chi connectivity index (χ3v) is 5.60. The van der Waals surface area contributed by atoms with Crippen LogP contribution in [-0.2, 0) is 6.54 Å². The summed E-state index contributed by atoms with van der Waals surface area (Å²) >= 11 is 0. The molecule has 5 rings (SSSR count). The number of nitrogens with one attached hydrogen (secondary N) is 1. The normalized spacial score (nSPS) is 13.5. The van der Waals surface area contributed by atoms with Gasteiger partial charge in [0.05, 0.1) is 23.2 Å². The number of hydrogen-bond donors (Lipinski definition) is 1. The average molecular weight is 414 g/mol. The SMILES string of the molecule is Cc1noc(C)c1-c1nn(Cc2ccc(C(=O)NC3CC3)cc2)c(=O)c2ccccc12. The first-order chi connectivity index (χ1) is 15.0. The lowest BCUT2D eigenvalue weighted by atomic mass is 10.0. The summed E-state index contributed by atoms with van der Waals surface area (Å²) in [6.07, 6.45) is 2.10. The summed E-state index contributed by atoms with van der Waals surface area (Å²) < 4.78 is 6.80. The summed E-state index contributed by atoms with van der Waals surface area (Å²) in [6.45, 7) is 4.00. The molecule has 0 spiro atoms. The first-order valence-electron chi connectivity index (χ1n) is 10.3. The van der Waals surface area contributed by atoms with E-state index in [4.69, 9.17) is 4.52 Å². The van der Waals surface area contributed by atoms with Gasteiger partial charge in [-0.25, -0.2) is 4.68 Å². The van der Waals surface area contributed by atoms with Crippen LogP contribution in [0.2, 0.25) is 0 Å². The molecule has 0 saturated heterocycles. The van der Waals surface area contributed by atoms with E-state index in [0.717, 1.165) is 35.0 Å². The van der Waals surface area contributed by atoms with Crippen molar-refractivity contribution >= 4 is 16.7 Å². The van der Waals surface area contributed by atoms with E-state index in [9.17, 15) is 9.59 Å². The average Bonchev–Trinajstić information content (AvgIpc) is 3.53. The second kappa shape index (κ2) is 7.50. The zero-order valence-corrected chi connectivity index (χ0v) is 17.4. The van der Waals surface area contributed by atoms with Crippen molar-refractivity contribution in [3.8, 4) is 11.3 Å². The molecule has 1 aliphatic carbocycles. The maximum absolute atomic E-state index is 13.1. The molecule has 0 radical (unpaired) electrons. The van der Waals surface area contributed by atoms with Crippen molar-refractivity contribution in [2.75, 3.05) is 0 Å². The van der Waals surface area contributed by atoms with Crippen molar-refractivity contribution in [2.45, 2.75) is 39.3 Å². The van der Waals surface area contributed by atoms with Crippen LogP contribution in [0.4, 0.5) is 0 Å². The van der Waals surface area contributed by atoms with E-state index in [2.05, 4.69) is 15.6 Å². The van der Waals surface area contributed by atoms with Crippen LogP contribution in [0.5, 0.6) is 0 Å². The van der Waals surface area contributed by atoms with E-state index in [1.54, 1.807) is 12.1 Å². The first-order valence-corrected chi connectivity index (χ1v) is 10.3. The molecule has 2 heterocycles. The summed E-state index contributed by atoms with van der Waals surface area (Å²) in [5.74, 6) is 0.599. The molecule has 1 fully saturated rings. The van der Waals surface area contributed by atoms with Gasteiger partial charge >= 0.3 is 0 Å². The van der Waals surface area contributed by atoms with Crippen LogP contribution >= 0.6 is 0 Å². The van der Waals surface area contributed by atoms with E-state index in [-0.39, 0.29) is 11.5 Å². The Morgan fingerprint density at radius 2 is 1.81 bits per heavy atom. The highest BCUT2D eigenvalue weighted by Crippen LogP contribution is 2.30. The van der Waals surface area contributed by atoms with Crippen molar-refractivity contribution < 1.29 is 9.32 Å². The molecule has 0 aliphatic heterocycles. The molecular weight excluding hydrogens is 392 g/mol. The van der Waals surface area contributed by atoms with Crippen LogP contribution in [0, 0.1) is 13.8 Å². The van der Waals surface area contributed by atoms with E-state index < -0.39 is 0 Å². The maximum atomic E-state index is 13.1. The molecule has 1 saturated carbocycles. The van der Waals surface area contributed by atoms with Gasteiger partial charge in [0.2, 0.25) is 0 Å². The number of aryl methyl sites for hydroxylation is 2. The van der Waals surface area contributed by atoms with Gasteiger partial charge in [-0.2, -0.15) is 5.10 Å². The topological polar surface area (TPSA) is 90.0 Å². The molecular formula is C24H22N4O3.